The Morgan fingerprint density at radius 1 is 1.48 bits per heavy atom. The van der Waals surface area contributed by atoms with E-state index in [9.17, 15) is 9.59 Å². The Bertz CT molecular complexity index is 678. The highest BCUT2D eigenvalue weighted by molar-refractivity contribution is 7.17. The standard InChI is InChI=1S/C12H15N5O3S/c1-6-4-8(16-20-6)15-9(18)5-17(3)11(19)10-7(2)14-12(13)21-10/h4H,5H2,1-3H3,(H2,13,14)(H,15,16,18). The number of aryl methyl sites for hydroxylation is 2. The van der Waals surface area contributed by atoms with Crippen LogP contribution in [-0.4, -0.2) is 40.4 Å². The molecule has 0 saturated carbocycles. The summed E-state index contributed by atoms with van der Waals surface area (Å²) in [4.78, 5) is 29.7. The van der Waals surface area contributed by atoms with E-state index in [2.05, 4.69) is 15.5 Å². The van der Waals surface area contributed by atoms with E-state index in [-0.39, 0.29) is 18.4 Å². The molecule has 0 unspecified atom stereocenters. The van der Waals surface area contributed by atoms with Gasteiger partial charge in [-0.05, 0) is 13.8 Å². The molecule has 3 N–H and O–H groups in total. The average molecular weight is 309 g/mol. The first kappa shape index (κ1) is 15.0. The number of nitrogens with zero attached hydrogens (tertiary/aromatic N) is 3. The van der Waals surface area contributed by atoms with Crippen LogP contribution in [0.1, 0.15) is 21.1 Å². The molecule has 0 atom stereocenters. The highest BCUT2D eigenvalue weighted by Gasteiger charge is 2.20. The van der Waals surface area contributed by atoms with Gasteiger partial charge in [0.1, 0.15) is 10.6 Å². The number of thiazole rings is 1. The van der Waals surface area contributed by atoms with Gasteiger partial charge in [-0.1, -0.05) is 16.5 Å². The first-order valence-corrected chi connectivity index (χ1v) is 6.90. The van der Waals surface area contributed by atoms with Crippen LogP contribution in [0.2, 0.25) is 0 Å². The van der Waals surface area contributed by atoms with Crippen molar-refractivity contribution in [1.29, 1.82) is 0 Å². The number of aromatic nitrogens is 2. The molecule has 0 aliphatic carbocycles. The summed E-state index contributed by atoms with van der Waals surface area (Å²) in [5.74, 6) is 0.240. The third kappa shape index (κ3) is 3.57. The van der Waals surface area contributed by atoms with Gasteiger partial charge in [-0.3, -0.25) is 9.59 Å². The highest BCUT2D eigenvalue weighted by atomic mass is 32.1. The molecule has 0 saturated heterocycles. The normalized spacial score (nSPS) is 10.4. The second-order valence-corrected chi connectivity index (χ2v) is 5.53. The van der Waals surface area contributed by atoms with Crippen molar-refractivity contribution in [2.75, 3.05) is 24.6 Å². The van der Waals surface area contributed by atoms with Crippen LogP contribution in [0, 0.1) is 13.8 Å². The van der Waals surface area contributed by atoms with Gasteiger partial charge in [-0.25, -0.2) is 4.98 Å². The molecule has 2 aromatic rings. The lowest BCUT2D eigenvalue weighted by atomic mass is 10.3. The first-order chi connectivity index (χ1) is 9.86. The van der Waals surface area contributed by atoms with Gasteiger partial charge in [0, 0.05) is 13.1 Å². The van der Waals surface area contributed by atoms with E-state index in [1.165, 1.54) is 11.9 Å². The molecule has 0 aliphatic rings. The van der Waals surface area contributed by atoms with Gasteiger partial charge in [0.05, 0.1) is 12.2 Å². The second-order valence-electron chi connectivity index (χ2n) is 4.50. The number of amides is 2. The third-order valence-corrected chi connectivity index (χ3v) is 3.60. The topological polar surface area (TPSA) is 114 Å². The van der Waals surface area contributed by atoms with Crippen molar-refractivity contribution in [3.05, 3.63) is 22.4 Å². The average Bonchev–Trinajstić information content (AvgIpc) is 2.94. The Morgan fingerprint density at radius 3 is 2.71 bits per heavy atom. The lowest BCUT2D eigenvalue weighted by Gasteiger charge is -2.15. The molecular formula is C12H15N5O3S. The number of hydrogen-bond acceptors (Lipinski definition) is 7. The summed E-state index contributed by atoms with van der Waals surface area (Å²) in [7, 11) is 1.53. The molecule has 0 aromatic carbocycles. The Kier molecular flexibility index (Phi) is 4.22. The molecule has 9 heteroatoms. The second kappa shape index (κ2) is 5.92. The molecular weight excluding hydrogens is 294 g/mol. The van der Waals surface area contributed by atoms with Crippen LogP contribution in [0.15, 0.2) is 10.6 Å². The molecule has 0 fully saturated rings. The molecule has 2 aromatic heterocycles. The van der Waals surface area contributed by atoms with E-state index in [4.69, 9.17) is 10.3 Å². The van der Waals surface area contributed by atoms with E-state index < -0.39 is 0 Å². The van der Waals surface area contributed by atoms with Gasteiger partial charge in [0.2, 0.25) is 5.91 Å². The molecule has 112 valence electrons. The van der Waals surface area contributed by atoms with Crippen molar-refractivity contribution in [2.45, 2.75) is 13.8 Å². The van der Waals surface area contributed by atoms with Crippen LogP contribution in [-0.2, 0) is 4.79 Å². The van der Waals surface area contributed by atoms with E-state index >= 15 is 0 Å². The zero-order valence-electron chi connectivity index (χ0n) is 11.8. The Hall–Kier alpha value is -2.42. The maximum Gasteiger partial charge on any atom is 0.266 e. The maximum atomic E-state index is 12.2. The van der Waals surface area contributed by atoms with Gasteiger partial charge >= 0.3 is 0 Å². The van der Waals surface area contributed by atoms with Crippen molar-refractivity contribution in [3.8, 4) is 0 Å². The SMILES string of the molecule is Cc1cc(NC(=O)CN(C)C(=O)c2sc(N)nc2C)no1. The summed E-state index contributed by atoms with van der Waals surface area (Å²) in [6, 6.07) is 1.59. The summed E-state index contributed by atoms with van der Waals surface area (Å²) in [5, 5.41) is 6.52. The van der Waals surface area contributed by atoms with Crippen LogP contribution < -0.4 is 11.1 Å². The fourth-order valence-corrected chi connectivity index (χ4v) is 2.51. The zero-order chi connectivity index (χ0) is 15.6. The number of likely N-dealkylation sites (N-methyl/N-ethyl adjacent to an activating group) is 1. The van der Waals surface area contributed by atoms with E-state index in [0.717, 1.165) is 11.3 Å². The number of nitrogens with one attached hydrogen (secondary N) is 1. The van der Waals surface area contributed by atoms with Gasteiger partial charge in [-0.2, -0.15) is 0 Å². The smallest absolute Gasteiger partial charge is 0.266 e. The molecule has 0 radical (unpaired) electrons. The highest BCUT2D eigenvalue weighted by Crippen LogP contribution is 2.21. The van der Waals surface area contributed by atoms with Gasteiger partial charge in [0.15, 0.2) is 10.9 Å². The van der Waals surface area contributed by atoms with Crippen LogP contribution in [0.25, 0.3) is 0 Å². The number of hydrogen-bond donors (Lipinski definition) is 2. The molecule has 0 bridgehead atoms. The van der Waals surface area contributed by atoms with Gasteiger partial charge in [0.25, 0.3) is 5.91 Å². The van der Waals surface area contributed by atoms with Crippen LogP contribution >= 0.6 is 11.3 Å². The Labute approximate surface area is 124 Å². The minimum absolute atomic E-state index is 0.109. The number of carbonyl (C=O) groups is 2. The Morgan fingerprint density at radius 2 is 2.19 bits per heavy atom. The van der Waals surface area contributed by atoms with Crippen LogP contribution in [0.3, 0.4) is 0 Å². The summed E-state index contributed by atoms with van der Waals surface area (Å²) >= 11 is 1.10. The molecule has 2 rings (SSSR count). The molecule has 2 heterocycles. The molecule has 21 heavy (non-hydrogen) atoms. The zero-order valence-corrected chi connectivity index (χ0v) is 12.7. The molecule has 0 aliphatic heterocycles. The lowest BCUT2D eigenvalue weighted by Crippen LogP contribution is -2.34. The predicted octanol–water partition coefficient (Wildman–Crippen LogP) is 1.04. The van der Waals surface area contributed by atoms with Crippen molar-refractivity contribution >= 4 is 34.1 Å². The monoisotopic (exact) mass is 309 g/mol. The quantitative estimate of drug-likeness (QED) is 0.872. The van der Waals surface area contributed by atoms with Crippen molar-refractivity contribution in [1.82, 2.24) is 15.0 Å². The van der Waals surface area contributed by atoms with Crippen LogP contribution in [0.5, 0.6) is 0 Å². The number of nitrogen functional groups attached to an aromatic ring is 1. The van der Waals surface area contributed by atoms with Gasteiger partial charge < -0.3 is 20.5 Å². The summed E-state index contributed by atoms with van der Waals surface area (Å²) < 4.78 is 4.84. The van der Waals surface area contributed by atoms with E-state index in [1.54, 1.807) is 19.9 Å². The summed E-state index contributed by atoms with van der Waals surface area (Å²) in [6.45, 7) is 3.31. The molecule has 2 amide bonds. The fourth-order valence-electron chi connectivity index (χ4n) is 1.68. The van der Waals surface area contributed by atoms with Gasteiger partial charge in [-0.15, -0.1) is 0 Å². The maximum absolute atomic E-state index is 12.2. The Balaban J connectivity index is 1.97. The minimum atomic E-state index is -0.366. The summed E-state index contributed by atoms with van der Waals surface area (Å²) in [6.07, 6.45) is 0. The number of anilines is 2. The number of carbonyl (C=O) groups excluding carboxylic acids is 2. The van der Waals surface area contributed by atoms with Crippen LogP contribution in [0.4, 0.5) is 10.9 Å². The largest absolute Gasteiger partial charge is 0.375 e. The number of nitrogens with two attached hydrogens (primary N) is 1. The van der Waals surface area contributed by atoms with Crippen molar-refractivity contribution in [2.24, 2.45) is 0 Å². The minimum Gasteiger partial charge on any atom is -0.375 e. The van der Waals surface area contributed by atoms with Crippen molar-refractivity contribution in [3.63, 3.8) is 0 Å². The van der Waals surface area contributed by atoms with Crippen molar-refractivity contribution < 1.29 is 14.1 Å². The third-order valence-electron chi connectivity index (χ3n) is 2.63. The number of rotatable bonds is 4. The first-order valence-electron chi connectivity index (χ1n) is 6.08. The molecule has 0 spiro atoms. The molecule has 8 nitrogen and oxygen atoms in total. The van der Waals surface area contributed by atoms with E-state index in [0.29, 0.717) is 27.3 Å². The predicted molar refractivity (Wildman–Crippen MR) is 78.1 cm³/mol. The fraction of sp³-hybridized carbons (Fsp3) is 0.333. The van der Waals surface area contributed by atoms with E-state index in [1.807, 2.05) is 0 Å². The summed E-state index contributed by atoms with van der Waals surface area (Å²) in [5.41, 5.74) is 6.12. The lowest BCUT2D eigenvalue weighted by molar-refractivity contribution is -0.116.